The Morgan fingerprint density at radius 2 is 2.20 bits per heavy atom. The summed E-state index contributed by atoms with van der Waals surface area (Å²) in [6, 6.07) is 7.52. The minimum atomic E-state index is -0.251. The molecule has 0 aliphatic heterocycles. The van der Waals surface area contributed by atoms with Crippen LogP contribution in [0.4, 0.5) is 6.01 Å². The Labute approximate surface area is 114 Å². The van der Waals surface area contributed by atoms with E-state index in [0.717, 1.165) is 23.7 Å². The third-order valence-corrected chi connectivity index (χ3v) is 3.40. The molecule has 2 N–H and O–H groups in total. The van der Waals surface area contributed by atoms with Crippen molar-refractivity contribution in [2.45, 2.75) is 18.8 Å². The standard InChI is InChI=1S/C14H12N4O2/c19-12(10-3-4-11-9(7-10)5-6-15-11)16-14-18-17-13(20-14)8-1-2-8/h3-8,15H,1-2H2,(H,16,18,19). The molecule has 4 rings (SSSR count). The van der Waals surface area contributed by atoms with Gasteiger partial charge in [-0.1, -0.05) is 5.10 Å². The number of benzene rings is 1. The number of H-pyrrole nitrogens is 1. The minimum absolute atomic E-state index is 0.158. The van der Waals surface area contributed by atoms with E-state index < -0.39 is 0 Å². The summed E-state index contributed by atoms with van der Waals surface area (Å²) in [6.45, 7) is 0. The van der Waals surface area contributed by atoms with Crippen molar-refractivity contribution < 1.29 is 9.21 Å². The summed E-state index contributed by atoms with van der Waals surface area (Å²) in [5.74, 6) is 0.741. The van der Waals surface area contributed by atoms with E-state index in [2.05, 4.69) is 20.5 Å². The van der Waals surface area contributed by atoms with Gasteiger partial charge >= 0.3 is 6.01 Å². The van der Waals surface area contributed by atoms with Gasteiger partial charge in [-0.3, -0.25) is 10.1 Å². The Morgan fingerprint density at radius 1 is 1.30 bits per heavy atom. The minimum Gasteiger partial charge on any atom is -0.408 e. The first-order chi connectivity index (χ1) is 9.79. The lowest BCUT2D eigenvalue weighted by Crippen LogP contribution is -2.11. The van der Waals surface area contributed by atoms with Crippen LogP contribution in [0, 0.1) is 0 Å². The fraction of sp³-hybridized carbons (Fsp3) is 0.214. The van der Waals surface area contributed by atoms with Crippen LogP contribution >= 0.6 is 0 Å². The molecule has 1 fully saturated rings. The first kappa shape index (κ1) is 11.2. The molecular weight excluding hydrogens is 256 g/mol. The molecule has 1 amide bonds. The van der Waals surface area contributed by atoms with Crippen molar-refractivity contribution in [3.8, 4) is 0 Å². The molecule has 1 saturated carbocycles. The zero-order valence-corrected chi connectivity index (χ0v) is 10.6. The van der Waals surface area contributed by atoms with Crippen LogP contribution < -0.4 is 5.32 Å². The van der Waals surface area contributed by atoms with E-state index in [-0.39, 0.29) is 11.9 Å². The molecule has 1 aliphatic rings. The van der Waals surface area contributed by atoms with Crippen LogP contribution in [0.5, 0.6) is 0 Å². The zero-order chi connectivity index (χ0) is 13.5. The molecule has 0 atom stereocenters. The lowest BCUT2D eigenvalue weighted by atomic mass is 10.1. The Hall–Kier alpha value is -2.63. The van der Waals surface area contributed by atoms with Crippen LogP contribution in [0.2, 0.25) is 0 Å². The molecule has 0 unspecified atom stereocenters. The van der Waals surface area contributed by atoms with E-state index in [1.807, 2.05) is 24.4 Å². The van der Waals surface area contributed by atoms with Gasteiger partial charge in [0.1, 0.15) is 0 Å². The van der Waals surface area contributed by atoms with Gasteiger partial charge < -0.3 is 9.40 Å². The molecule has 1 aliphatic carbocycles. The van der Waals surface area contributed by atoms with E-state index >= 15 is 0 Å². The van der Waals surface area contributed by atoms with E-state index in [0.29, 0.717) is 17.4 Å². The van der Waals surface area contributed by atoms with Gasteiger partial charge in [0.2, 0.25) is 5.89 Å². The van der Waals surface area contributed by atoms with Gasteiger partial charge in [-0.15, -0.1) is 5.10 Å². The number of aromatic amines is 1. The van der Waals surface area contributed by atoms with Gasteiger partial charge in [-0.2, -0.15) is 0 Å². The molecule has 20 heavy (non-hydrogen) atoms. The van der Waals surface area contributed by atoms with Crippen molar-refractivity contribution >= 4 is 22.8 Å². The third-order valence-electron chi connectivity index (χ3n) is 3.40. The molecule has 2 heterocycles. The van der Waals surface area contributed by atoms with Gasteiger partial charge in [0.25, 0.3) is 5.91 Å². The van der Waals surface area contributed by atoms with Gasteiger partial charge in [-0.25, -0.2) is 0 Å². The van der Waals surface area contributed by atoms with E-state index in [1.54, 1.807) is 6.07 Å². The fourth-order valence-corrected chi connectivity index (χ4v) is 2.14. The lowest BCUT2D eigenvalue weighted by molar-refractivity contribution is 0.102. The third kappa shape index (κ3) is 1.95. The summed E-state index contributed by atoms with van der Waals surface area (Å²) in [7, 11) is 0. The molecule has 0 saturated heterocycles. The first-order valence-electron chi connectivity index (χ1n) is 6.51. The van der Waals surface area contributed by atoms with Crippen molar-refractivity contribution in [3.63, 3.8) is 0 Å². The molecule has 6 nitrogen and oxygen atoms in total. The summed E-state index contributed by atoms with van der Waals surface area (Å²) >= 11 is 0. The van der Waals surface area contributed by atoms with Gasteiger partial charge in [0, 0.05) is 28.6 Å². The van der Waals surface area contributed by atoms with Gasteiger partial charge in [0.15, 0.2) is 0 Å². The lowest BCUT2D eigenvalue weighted by Gasteiger charge is -2.00. The predicted molar refractivity (Wildman–Crippen MR) is 72.5 cm³/mol. The summed E-state index contributed by atoms with van der Waals surface area (Å²) in [4.78, 5) is 15.2. The Bertz CT molecular complexity index is 785. The summed E-state index contributed by atoms with van der Waals surface area (Å²) in [5.41, 5.74) is 1.55. The van der Waals surface area contributed by atoms with Crippen LogP contribution in [-0.4, -0.2) is 21.1 Å². The molecule has 0 radical (unpaired) electrons. The van der Waals surface area contributed by atoms with Crippen LogP contribution in [0.3, 0.4) is 0 Å². The van der Waals surface area contributed by atoms with Crippen LogP contribution in [0.1, 0.15) is 35.0 Å². The van der Waals surface area contributed by atoms with Crippen molar-refractivity contribution in [2.75, 3.05) is 5.32 Å². The number of amides is 1. The van der Waals surface area contributed by atoms with Crippen molar-refractivity contribution in [1.82, 2.24) is 15.2 Å². The number of aromatic nitrogens is 3. The number of carbonyl (C=O) groups excluding carboxylic acids is 1. The second-order valence-corrected chi connectivity index (χ2v) is 4.95. The normalized spacial score (nSPS) is 14.6. The quantitative estimate of drug-likeness (QED) is 0.764. The molecule has 6 heteroatoms. The highest BCUT2D eigenvalue weighted by Gasteiger charge is 2.29. The number of carbonyl (C=O) groups is 1. The van der Waals surface area contributed by atoms with Crippen LogP contribution in [0.15, 0.2) is 34.9 Å². The summed E-state index contributed by atoms with van der Waals surface area (Å²) < 4.78 is 5.41. The van der Waals surface area contributed by atoms with Crippen molar-refractivity contribution in [2.24, 2.45) is 0 Å². The van der Waals surface area contributed by atoms with Crippen LogP contribution in [0.25, 0.3) is 10.9 Å². The molecule has 100 valence electrons. The highest BCUT2D eigenvalue weighted by atomic mass is 16.4. The SMILES string of the molecule is O=C(Nc1nnc(C2CC2)o1)c1ccc2[nH]ccc2c1. The number of rotatable bonds is 3. The number of hydrogen-bond donors (Lipinski definition) is 2. The van der Waals surface area contributed by atoms with Gasteiger partial charge in [-0.05, 0) is 37.1 Å². The maximum atomic E-state index is 12.1. The average molecular weight is 268 g/mol. The molecule has 0 spiro atoms. The molecule has 2 aromatic heterocycles. The Balaban J connectivity index is 1.55. The second kappa shape index (κ2) is 4.19. The molecule has 0 bridgehead atoms. The number of hydrogen-bond acceptors (Lipinski definition) is 4. The number of nitrogens with one attached hydrogen (secondary N) is 2. The number of fused-ring (bicyclic) bond motifs is 1. The second-order valence-electron chi connectivity index (χ2n) is 4.95. The number of anilines is 1. The van der Waals surface area contributed by atoms with Crippen molar-refractivity contribution in [1.29, 1.82) is 0 Å². The van der Waals surface area contributed by atoms with E-state index in [9.17, 15) is 4.79 Å². The highest BCUT2D eigenvalue weighted by molar-refractivity contribution is 6.05. The summed E-state index contributed by atoms with van der Waals surface area (Å²) in [5, 5.41) is 11.4. The highest BCUT2D eigenvalue weighted by Crippen LogP contribution is 2.39. The van der Waals surface area contributed by atoms with Crippen LogP contribution in [-0.2, 0) is 0 Å². The molecule has 1 aromatic carbocycles. The number of nitrogens with zero attached hydrogens (tertiary/aromatic N) is 2. The molecular formula is C14H12N4O2. The zero-order valence-electron chi connectivity index (χ0n) is 10.6. The maximum absolute atomic E-state index is 12.1. The van der Waals surface area contributed by atoms with E-state index in [1.165, 1.54) is 0 Å². The van der Waals surface area contributed by atoms with Gasteiger partial charge in [0.05, 0.1) is 0 Å². The topological polar surface area (TPSA) is 83.8 Å². The Morgan fingerprint density at radius 3 is 3.05 bits per heavy atom. The first-order valence-corrected chi connectivity index (χ1v) is 6.51. The molecule has 3 aromatic rings. The maximum Gasteiger partial charge on any atom is 0.322 e. The smallest absolute Gasteiger partial charge is 0.322 e. The largest absolute Gasteiger partial charge is 0.408 e. The predicted octanol–water partition coefficient (Wildman–Crippen LogP) is 2.68. The van der Waals surface area contributed by atoms with Crippen molar-refractivity contribution in [3.05, 3.63) is 41.9 Å². The average Bonchev–Trinajstić information content (AvgIpc) is 3.02. The van der Waals surface area contributed by atoms with E-state index in [4.69, 9.17) is 4.42 Å². The fourth-order valence-electron chi connectivity index (χ4n) is 2.14. The summed E-state index contributed by atoms with van der Waals surface area (Å²) in [6.07, 6.45) is 4.01. The monoisotopic (exact) mass is 268 g/mol. The Kier molecular flexibility index (Phi) is 2.35.